The average molecular weight is 168 g/mol. The summed E-state index contributed by atoms with van der Waals surface area (Å²) in [6, 6.07) is 1.35. The van der Waals surface area contributed by atoms with E-state index >= 15 is 0 Å². The molecular formula is C9H16N2O. The summed E-state index contributed by atoms with van der Waals surface area (Å²) >= 11 is 0. The van der Waals surface area contributed by atoms with Crippen molar-refractivity contribution in [2.45, 2.75) is 44.2 Å². The normalized spacial score (nSPS) is 31.0. The summed E-state index contributed by atoms with van der Waals surface area (Å²) < 4.78 is 0. The molecule has 68 valence electrons. The zero-order valence-corrected chi connectivity index (χ0v) is 7.31. The van der Waals surface area contributed by atoms with Gasteiger partial charge in [0.15, 0.2) is 0 Å². The Labute approximate surface area is 72.9 Å². The van der Waals surface area contributed by atoms with Crippen LogP contribution in [0.2, 0.25) is 0 Å². The van der Waals surface area contributed by atoms with Crippen LogP contribution in [-0.2, 0) is 4.79 Å². The molecule has 0 spiro atoms. The minimum atomic E-state index is 0.218. The Hall–Kier alpha value is -0.570. The van der Waals surface area contributed by atoms with Crippen molar-refractivity contribution in [1.29, 1.82) is 0 Å². The van der Waals surface area contributed by atoms with Crippen LogP contribution in [0.5, 0.6) is 0 Å². The Morgan fingerprint density at radius 2 is 1.92 bits per heavy atom. The van der Waals surface area contributed by atoms with Gasteiger partial charge < -0.3 is 10.6 Å². The predicted octanol–water partition coefficient (Wildman–Crippen LogP) is 0.407. The number of carbonyl (C=O) groups is 1. The second kappa shape index (κ2) is 3.44. The Balaban J connectivity index is 1.77. The topological polar surface area (TPSA) is 41.1 Å². The van der Waals surface area contributed by atoms with Gasteiger partial charge >= 0.3 is 0 Å². The molecule has 1 aliphatic carbocycles. The van der Waals surface area contributed by atoms with E-state index in [0.717, 1.165) is 25.4 Å². The van der Waals surface area contributed by atoms with E-state index in [-0.39, 0.29) is 5.91 Å². The summed E-state index contributed by atoms with van der Waals surface area (Å²) in [6.07, 6.45) is 5.48. The summed E-state index contributed by atoms with van der Waals surface area (Å²) in [6.45, 7) is 0.850. The molecule has 0 aromatic rings. The molecule has 2 aliphatic rings. The standard InChI is InChI=1S/C9H16N2O/c12-9-4-3-8(5-6-10-9)11-7-1-2-7/h7-8,11H,1-6H2,(H,10,12). The van der Waals surface area contributed by atoms with E-state index in [1.165, 1.54) is 12.8 Å². The Morgan fingerprint density at radius 3 is 2.67 bits per heavy atom. The average Bonchev–Trinajstić information content (AvgIpc) is 2.83. The summed E-state index contributed by atoms with van der Waals surface area (Å²) in [7, 11) is 0. The second-order valence-electron chi connectivity index (χ2n) is 3.82. The molecule has 1 amide bonds. The molecule has 3 heteroatoms. The minimum Gasteiger partial charge on any atom is -0.356 e. The molecule has 0 aromatic carbocycles. The van der Waals surface area contributed by atoms with Crippen LogP contribution in [0.3, 0.4) is 0 Å². The first-order valence-corrected chi connectivity index (χ1v) is 4.87. The van der Waals surface area contributed by atoms with Crippen molar-refractivity contribution in [3.8, 4) is 0 Å². The van der Waals surface area contributed by atoms with E-state index in [0.29, 0.717) is 12.5 Å². The van der Waals surface area contributed by atoms with Crippen LogP contribution in [0.25, 0.3) is 0 Å². The summed E-state index contributed by atoms with van der Waals surface area (Å²) in [5.74, 6) is 0.218. The number of hydrogen-bond acceptors (Lipinski definition) is 2. The molecule has 2 rings (SSSR count). The molecule has 0 aromatic heterocycles. The van der Waals surface area contributed by atoms with Crippen LogP contribution in [-0.4, -0.2) is 24.5 Å². The van der Waals surface area contributed by atoms with Gasteiger partial charge in [-0.05, 0) is 25.7 Å². The molecule has 1 heterocycles. The second-order valence-corrected chi connectivity index (χ2v) is 3.82. The zero-order valence-electron chi connectivity index (χ0n) is 7.31. The van der Waals surface area contributed by atoms with Crippen LogP contribution >= 0.6 is 0 Å². The molecule has 1 unspecified atom stereocenters. The Morgan fingerprint density at radius 1 is 1.17 bits per heavy atom. The fourth-order valence-corrected chi connectivity index (χ4v) is 1.67. The first kappa shape index (κ1) is 8.05. The zero-order chi connectivity index (χ0) is 8.39. The van der Waals surface area contributed by atoms with Crippen molar-refractivity contribution in [2.24, 2.45) is 0 Å². The maximum atomic E-state index is 11.0. The number of amides is 1. The van der Waals surface area contributed by atoms with Crippen LogP contribution in [0.4, 0.5) is 0 Å². The van der Waals surface area contributed by atoms with Gasteiger partial charge in [0.25, 0.3) is 0 Å². The van der Waals surface area contributed by atoms with Crippen molar-refractivity contribution in [3.63, 3.8) is 0 Å². The van der Waals surface area contributed by atoms with Gasteiger partial charge in [0.2, 0.25) is 5.91 Å². The van der Waals surface area contributed by atoms with E-state index < -0.39 is 0 Å². The smallest absolute Gasteiger partial charge is 0.220 e. The molecule has 1 atom stereocenters. The van der Waals surface area contributed by atoms with E-state index in [1.54, 1.807) is 0 Å². The van der Waals surface area contributed by atoms with Gasteiger partial charge in [-0.3, -0.25) is 4.79 Å². The SMILES string of the molecule is O=C1CCC(NC2CC2)CCN1. The van der Waals surface area contributed by atoms with Crippen molar-refractivity contribution >= 4 is 5.91 Å². The maximum absolute atomic E-state index is 11.0. The van der Waals surface area contributed by atoms with Gasteiger partial charge in [-0.15, -0.1) is 0 Å². The molecule has 1 aliphatic heterocycles. The van der Waals surface area contributed by atoms with Crippen LogP contribution in [0.1, 0.15) is 32.1 Å². The Kier molecular flexibility index (Phi) is 2.30. The lowest BCUT2D eigenvalue weighted by molar-refractivity contribution is -0.120. The number of rotatable bonds is 2. The van der Waals surface area contributed by atoms with Crippen LogP contribution in [0, 0.1) is 0 Å². The van der Waals surface area contributed by atoms with E-state index in [9.17, 15) is 4.79 Å². The van der Waals surface area contributed by atoms with Gasteiger partial charge in [-0.1, -0.05) is 0 Å². The maximum Gasteiger partial charge on any atom is 0.220 e. The third kappa shape index (κ3) is 2.21. The van der Waals surface area contributed by atoms with Crippen molar-refractivity contribution < 1.29 is 4.79 Å². The molecule has 2 fully saturated rings. The van der Waals surface area contributed by atoms with Gasteiger partial charge in [-0.2, -0.15) is 0 Å². The van der Waals surface area contributed by atoms with Crippen LogP contribution in [0.15, 0.2) is 0 Å². The highest BCUT2D eigenvalue weighted by Gasteiger charge is 2.25. The first-order chi connectivity index (χ1) is 5.84. The van der Waals surface area contributed by atoms with Crippen molar-refractivity contribution in [3.05, 3.63) is 0 Å². The highest BCUT2D eigenvalue weighted by Crippen LogP contribution is 2.21. The van der Waals surface area contributed by atoms with Crippen molar-refractivity contribution in [2.75, 3.05) is 6.54 Å². The third-order valence-corrected chi connectivity index (χ3v) is 2.58. The number of nitrogens with one attached hydrogen (secondary N) is 2. The molecule has 1 saturated carbocycles. The fraction of sp³-hybridized carbons (Fsp3) is 0.889. The highest BCUT2D eigenvalue weighted by molar-refractivity contribution is 5.76. The molecule has 0 radical (unpaired) electrons. The highest BCUT2D eigenvalue weighted by atomic mass is 16.1. The molecule has 0 bridgehead atoms. The van der Waals surface area contributed by atoms with Gasteiger partial charge in [0.05, 0.1) is 0 Å². The predicted molar refractivity (Wildman–Crippen MR) is 46.8 cm³/mol. The summed E-state index contributed by atoms with van der Waals surface area (Å²) in [4.78, 5) is 11.0. The van der Waals surface area contributed by atoms with Gasteiger partial charge in [-0.25, -0.2) is 0 Å². The summed E-state index contributed by atoms with van der Waals surface area (Å²) in [5.41, 5.74) is 0. The van der Waals surface area contributed by atoms with Gasteiger partial charge in [0, 0.05) is 25.0 Å². The van der Waals surface area contributed by atoms with Gasteiger partial charge in [0.1, 0.15) is 0 Å². The Bertz CT molecular complexity index is 177. The fourth-order valence-electron chi connectivity index (χ4n) is 1.67. The van der Waals surface area contributed by atoms with E-state index in [2.05, 4.69) is 10.6 Å². The quantitative estimate of drug-likeness (QED) is 0.627. The van der Waals surface area contributed by atoms with E-state index in [1.807, 2.05) is 0 Å². The third-order valence-electron chi connectivity index (χ3n) is 2.58. The largest absolute Gasteiger partial charge is 0.356 e. The summed E-state index contributed by atoms with van der Waals surface area (Å²) in [5, 5.41) is 6.45. The molecular weight excluding hydrogens is 152 g/mol. The lowest BCUT2D eigenvalue weighted by Gasteiger charge is -2.14. The van der Waals surface area contributed by atoms with E-state index in [4.69, 9.17) is 0 Å². The number of hydrogen-bond donors (Lipinski definition) is 2. The lowest BCUT2D eigenvalue weighted by Crippen LogP contribution is -2.31. The molecule has 1 saturated heterocycles. The lowest BCUT2D eigenvalue weighted by atomic mass is 10.1. The minimum absolute atomic E-state index is 0.218. The molecule has 2 N–H and O–H groups in total. The molecule has 3 nitrogen and oxygen atoms in total. The molecule has 12 heavy (non-hydrogen) atoms. The first-order valence-electron chi connectivity index (χ1n) is 4.87. The van der Waals surface area contributed by atoms with Crippen LogP contribution < -0.4 is 10.6 Å². The van der Waals surface area contributed by atoms with Crippen molar-refractivity contribution in [1.82, 2.24) is 10.6 Å². The number of carbonyl (C=O) groups excluding carboxylic acids is 1. The monoisotopic (exact) mass is 168 g/mol.